The third-order valence-electron chi connectivity index (χ3n) is 5.69. The Hall–Kier alpha value is -2.28. The number of likely N-dealkylation sites (tertiary alicyclic amines) is 1. The van der Waals surface area contributed by atoms with E-state index in [0.29, 0.717) is 34.7 Å². The Labute approximate surface area is 190 Å². The van der Waals surface area contributed by atoms with Crippen LogP contribution < -0.4 is 14.8 Å². The Morgan fingerprint density at radius 2 is 1.81 bits per heavy atom. The molecule has 1 N–H and O–H groups in total. The summed E-state index contributed by atoms with van der Waals surface area (Å²) in [6.45, 7) is 4.26. The fraction of sp³-hybridized carbons (Fsp3) is 0.458. The lowest BCUT2D eigenvalue weighted by Crippen LogP contribution is -2.41. The van der Waals surface area contributed by atoms with Crippen molar-refractivity contribution < 1.29 is 14.3 Å². The van der Waals surface area contributed by atoms with Gasteiger partial charge in [-0.25, -0.2) is 0 Å². The van der Waals surface area contributed by atoms with E-state index in [1.165, 1.54) is 5.56 Å². The Bertz CT molecular complexity index is 855. The zero-order valence-electron chi connectivity index (χ0n) is 18.6. The topological polar surface area (TPSA) is 54.0 Å². The van der Waals surface area contributed by atoms with E-state index in [-0.39, 0.29) is 5.91 Å². The molecule has 0 atom stereocenters. The molecule has 7 heteroatoms. The summed E-state index contributed by atoms with van der Waals surface area (Å²) in [6, 6.07) is 13.9. The molecule has 2 aromatic carbocycles. The van der Waals surface area contributed by atoms with Gasteiger partial charge in [-0.05, 0) is 50.5 Å². The van der Waals surface area contributed by atoms with Crippen LogP contribution in [0.4, 0.5) is 5.69 Å². The molecular weight excluding hydrogens is 414 g/mol. The summed E-state index contributed by atoms with van der Waals surface area (Å²) < 4.78 is 10.6. The summed E-state index contributed by atoms with van der Waals surface area (Å²) >= 11 is 6.20. The lowest BCUT2D eigenvalue weighted by Gasteiger charge is -2.33. The molecule has 0 aromatic heterocycles. The number of carbonyl (C=O) groups excluding carboxylic acids is 1. The van der Waals surface area contributed by atoms with Crippen LogP contribution in [0.1, 0.15) is 18.4 Å². The van der Waals surface area contributed by atoms with Crippen LogP contribution in [0, 0.1) is 5.92 Å². The predicted molar refractivity (Wildman–Crippen MR) is 125 cm³/mol. The van der Waals surface area contributed by atoms with E-state index in [1.807, 2.05) is 0 Å². The van der Waals surface area contributed by atoms with Gasteiger partial charge in [-0.15, -0.1) is 0 Å². The second-order valence-electron chi connectivity index (χ2n) is 8.14. The maximum Gasteiger partial charge on any atom is 0.238 e. The summed E-state index contributed by atoms with van der Waals surface area (Å²) in [6.07, 6.45) is 2.20. The number of halogens is 1. The molecule has 6 nitrogen and oxygen atoms in total. The molecule has 1 aliphatic rings. The van der Waals surface area contributed by atoms with E-state index >= 15 is 0 Å². The molecule has 1 heterocycles. The lowest BCUT2D eigenvalue weighted by molar-refractivity contribution is -0.117. The van der Waals surface area contributed by atoms with Crippen molar-refractivity contribution in [3.05, 3.63) is 53.1 Å². The number of benzene rings is 2. The third kappa shape index (κ3) is 6.86. The van der Waals surface area contributed by atoms with Crippen molar-refractivity contribution >= 4 is 23.2 Å². The highest BCUT2D eigenvalue weighted by molar-refractivity contribution is 6.32. The van der Waals surface area contributed by atoms with Crippen molar-refractivity contribution in [3.63, 3.8) is 0 Å². The van der Waals surface area contributed by atoms with Crippen LogP contribution in [0.5, 0.6) is 11.5 Å². The number of hydrogen-bond acceptors (Lipinski definition) is 5. The number of methoxy groups -OCH3 is 2. The monoisotopic (exact) mass is 445 g/mol. The molecule has 3 rings (SSSR count). The fourth-order valence-electron chi connectivity index (χ4n) is 4.08. The number of rotatable bonds is 9. The quantitative estimate of drug-likeness (QED) is 0.628. The van der Waals surface area contributed by atoms with Crippen molar-refractivity contribution in [1.82, 2.24) is 9.80 Å². The highest BCUT2D eigenvalue weighted by Crippen LogP contribution is 2.35. The zero-order chi connectivity index (χ0) is 22.2. The molecule has 0 aliphatic carbocycles. The molecule has 0 saturated carbocycles. The molecule has 1 fully saturated rings. The number of ether oxygens (including phenoxy) is 2. The van der Waals surface area contributed by atoms with Crippen LogP contribution in [0.3, 0.4) is 0 Å². The number of anilines is 1. The SMILES string of the molecule is COc1cc(OC)c(NC(=O)CN2CCC(CN(C)Cc3ccccc3)CC2)cc1Cl. The summed E-state index contributed by atoms with van der Waals surface area (Å²) in [5.41, 5.74) is 1.89. The van der Waals surface area contributed by atoms with Crippen molar-refractivity contribution in [2.24, 2.45) is 5.92 Å². The van der Waals surface area contributed by atoms with Gasteiger partial charge in [0.05, 0.1) is 31.5 Å². The highest BCUT2D eigenvalue weighted by Gasteiger charge is 2.22. The second kappa shape index (κ2) is 11.4. The summed E-state index contributed by atoms with van der Waals surface area (Å²) in [7, 11) is 5.28. The Balaban J connectivity index is 1.44. The number of amides is 1. The van der Waals surface area contributed by atoms with Crippen molar-refractivity contribution in [1.29, 1.82) is 0 Å². The van der Waals surface area contributed by atoms with Gasteiger partial charge in [0.25, 0.3) is 0 Å². The first-order chi connectivity index (χ1) is 15.0. The number of hydrogen-bond donors (Lipinski definition) is 1. The normalized spacial score (nSPS) is 15.1. The van der Waals surface area contributed by atoms with E-state index < -0.39 is 0 Å². The molecule has 2 aromatic rings. The van der Waals surface area contributed by atoms with Gasteiger partial charge in [0.1, 0.15) is 11.5 Å². The molecule has 1 amide bonds. The average molecular weight is 446 g/mol. The highest BCUT2D eigenvalue weighted by atomic mass is 35.5. The maximum atomic E-state index is 12.6. The van der Waals surface area contributed by atoms with Gasteiger partial charge >= 0.3 is 0 Å². The molecule has 0 radical (unpaired) electrons. The van der Waals surface area contributed by atoms with Crippen LogP contribution >= 0.6 is 11.6 Å². The first-order valence-electron chi connectivity index (χ1n) is 10.6. The van der Waals surface area contributed by atoms with E-state index in [4.69, 9.17) is 21.1 Å². The number of carbonyl (C=O) groups is 1. The van der Waals surface area contributed by atoms with E-state index in [0.717, 1.165) is 39.0 Å². The van der Waals surface area contributed by atoms with E-state index in [9.17, 15) is 4.79 Å². The molecule has 1 aliphatic heterocycles. The molecule has 1 saturated heterocycles. The largest absolute Gasteiger partial charge is 0.495 e. The molecule has 31 heavy (non-hydrogen) atoms. The molecule has 168 valence electrons. The second-order valence-corrected chi connectivity index (χ2v) is 8.54. The van der Waals surface area contributed by atoms with Crippen LogP contribution in [0.25, 0.3) is 0 Å². The molecule has 0 spiro atoms. The van der Waals surface area contributed by atoms with Gasteiger partial charge < -0.3 is 19.7 Å². The first-order valence-corrected chi connectivity index (χ1v) is 11.0. The fourth-order valence-corrected chi connectivity index (χ4v) is 4.32. The van der Waals surface area contributed by atoms with Crippen LogP contribution in [0.2, 0.25) is 5.02 Å². The number of piperidine rings is 1. The van der Waals surface area contributed by atoms with Gasteiger partial charge in [0, 0.05) is 19.2 Å². The van der Waals surface area contributed by atoms with Gasteiger partial charge in [-0.2, -0.15) is 0 Å². The molecular formula is C24H32ClN3O3. The minimum Gasteiger partial charge on any atom is -0.495 e. The Kier molecular flexibility index (Phi) is 8.58. The first kappa shape index (κ1) is 23.4. The summed E-state index contributed by atoms with van der Waals surface area (Å²) in [5.74, 6) is 1.62. The lowest BCUT2D eigenvalue weighted by atomic mass is 9.96. The van der Waals surface area contributed by atoms with Crippen molar-refractivity contribution in [3.8, 4) is 11.5 Å². The van der Waals surface area contributed by atoms with Crippen molar-refractivity contribution in [2.75, 3.05) is 52.8 Å². The molecule has 0 unspecified atom stereocenters. The maximum absolute atomic E-state index is 12.6. The standard InChI is InChI=1S/C24H32ClN3O3/c1-27(15-18-7-5-4-6-8-18)16-19-9-11-28(12-10-19)17-24(29)26-21-13-20(25)22(30-2)14-23(21)31-3/h4-8,13-14,19H,9-12,15-17H2,1-3H3,(H,26,29). The summed E-state index contributed by atoms with van der Waals surface area (Å²) in [4.78, 5) is 17.2. The van der Waals surface area contributed by atoms with Crippen LogP contribution in [-0.2, 0) is 11.3 Å². The van der Waals surface area contributed by atoms with Gasteiger partial charge in [0.2, 0.25) is 5.91 Å². The average Bonchev–Trinajstić information content (AvgIpc) is 2.76. The Morgan fingerprint density at radius 1 is 1.13 bits per heavy atom. The van der Waals surface area contributed by atoms with Crippen LogP contribution in [-0.4, -0.2) is 63.2 Å². The van der Waals surface area contributed by atoms with E-state index in [1.54, 1.807) is 26.4 Å². The van der Waals surface area contributed by atoms with Gasteiger partial charge in [-0.1, -0.05) is 41.9 Å². The van der Waals surface area contributed by atoms with E-state index in [2.05, 4.69) is 52.5 Å². The summed E-state index contributed by atoms with van der Waals surface area (Å²) in [5, 5.41) is 3.35. The van der Waals surface area contributed by atoms with Gasteiger partial charge in [-0.3, -0.25) is 9.69 Å². The third-order valence-corrected chi connectivity index (χ3v) is 5.98. The minimum atomic E-state index is -0.0702. The minimum absolute atomic E-state index is 0.0702. The van der Waals surface area contributed by atoms with Crippen molar-refractivity contribution in [2.45, 2.75) is 19.4 Å². The number of nitrogens with zero attached hydrogens (tertiary/aromatic N) is 2. The predicted octanol–water partition coefficient (Wildman–Crippen LogP) is 4.14. The number of nitrogens with one attached hydrogen (secondary N) is 1. The Morgan fingerprint density at radius 3 is 2.45 bits per heavy atom. The smallest absolute Gasteiger partial charge is 0.238 e. The van der Waals surface area contributed by atoms with Crippen LogP contribution in [0.15, 0.2) is 42.5 Å². The molecule has 0 bridgehead atoms. The zero-order valence-corrected chi connectivity index (χ0v) is 19.3. The van der Waals surface area contributed by atoms with Gasteiger partial charge in [0.15, 0.2) is 0 Å².